The molecular weight excluding hydrogens is 299 g/mol. The van der Waals surface area contributed by atoms with E-state index in [0.717, 1.165) is 0 Å². The van der Waals surface area contributed by atoms with E-state index in [1.165, 1.54) is 0 Å². The summed E-state index contributed by atoms with van der Waals surface area (Å²) in [5.41, 5.74) is 0. The van der Waals surface area contributed by atoms with Gasteiger partial charge in [-0.1, -0.05) is 0 Å². The van der Waals surface area contributed by atoms with E-state index >= 15 is 0 Å². The van der Waals surface area contributed by atoms with Gasteiger partial charge < -0.3 is 40.8 Å². The molecule has 0 saturated heterocycles. The molecule has 14 heteroatoms. The zero-order valence-corrected chi connectivity index (χ0v) is 13.3. The maximum Gasteiger partial charge on any atom is 2.00 e. The fourth-order valence-electron chi connectivity index (χ4n) is 0. The number of halogens is 1. The Morgan fingerprint density at radius 2 is 0.857 bits per heavy atom. The standard InChI is InChI=1S/ClH.3Mg.H3O4P.H2O4S/c;;;;2*1-5(2,3)4/h1H;;;;(H3,1,2,3,4);(H2,1,2,3,4)/q;3*+2;;/p-6. The van der Waals surface area contributed by atoms with Crippen LogP contribution in [0.15, 0.2) is 0 Å². The molecule has 0 radical (unpaired) electrons. The van der Waals surface area contributed by atoms with Gasteiger partial charge in [-0.3, -0.25) is 8.42 Å². The van der Waals surface area contributed by atoms with Crippen LogP contribution in [0.2, 0.25) is 0 Å². The molecule has 14 heavy (non-hydrogen) atoms. The maximum absolute atomic E-state index is 8.55. The summed E-state index contributed by atoms with van der Waals surface area (Å²) in [4.78, 5) is 25.6. The molecule has 0 aromatic heterocycles. The predicted molar refractivity (Wildman–Crippen MR) is 35.3 cm³/mol. The summed E-state index contributed by atoms with van der Waals surface area (Å²) >= 11 is 0. The summed E-state index contributed by atoms with van der Waals surface area (Å²) in [5.74, 6) is 0. The van der Waals surface area contributed by atoms with E-state index in [9.17, 15) is 0 Å². The molecule has 0 aromatic rings. The molecular formula is ClMg3O8PS. The topological polar surface area (TPSA) is 167 Å². The molecule has 0 aliphatic heterocycles. The van der Waals surface area contributed by atoms with Gasteiger partial charge >= 0.3 is 69.2 Å². The molecule has 0 aliphatic rings. The first kappa shape index (κ1) is 36.0. The van der Waals surface area contributed by atoms with E-state index in [1.807, 2.05) is 0 Å². The molecule has 8 nitrogen and oxygen atoms in total. The van der Waals surface area contributed by atoms with Crippen molar-refractivity contribution in [3.63, 3.8) is 0 Å². The number of phosphoric acid groups is 1. The fraction of sp³-hybridized carbons (Fsp3) is 0. The van der Waals surface area contributed by atoms with Crippen molar-refractivity contribution in [2.75, 3.05) is 0 Å². The summed E-state index contributed by atoms with van der Waals surface area (Å²) in [7, 11) is -10.6. The average Bonchev–Trinajstić information content (AvgIpc) is 1.12. The third-order valence-electron chi connectivity index (χ3n) is 0. The summed E-state index contributed by atoms with van der Waals surface area (Å²) in [6.07, 6.45) is 0. The predicted octanol–water partition coefficient (Wildman–Crippen LogP) is -8.30. The number of hydrogen-bond acceptors (Lipinski definition) is 8. The van der Waals surface area contributed by atoms with E-state index in [-0.39, 0.29) is 81.6 Å². The zero-order valence-electron chi connectivity index (χ0n) is 6.62. The molecule has 0 spiro atoms. The monoisotopic (exact) mass is 298 g/mol. The van der Waals surface area contributed by atoms with Crippen LogP contribution in [0, 0.1) is 0 Å². The molecule has 0 heterocycles. The van der Waals surface area contributed by atoms with Gasteiger partial charge in [0, 0.05) is 10.4 Å². The van der Waals surface area contributed by atoms with Gasteiger partial charge in [-0.05, 0) is 0 Å². The Bertz CT molecular complexity index is 202. The van der Waals surface area contributed by atoms with Gasteiger partial charge in [-0.2, -0.15) is 7.82 Å². The minimum atomic E-state index is -5.39. The Kier molecular flexibility index (Phi) is 40.0. The summed E-state index contributed by atoms with van der Waals surface area (Å²) < 4.78 is 42.6. The Labute approximate surface area is 135 Å². The van der Waals surface area contributed by atoms with Crippen LogP contribution in [-0.4, -0.2) is 86.7 Å². The van der Waals surface area contributed by atoms with Gasteiger partial charge in [0.1, 0.15) is 0 Å². The molecule has 72 valence electrons. The molecule has 0 unspecified atom stereocenters. The molecule has 0 fully saturated rings. The van der Waals surface area contributed by atoms with Gasteiger partial charge in [0.05, 0.1) is 0 Å². The third-order valence-corrected chi connectivity index (χ3v) is 0. The van der Waals surface area contributed by atoms with Gasteiger partial charge in [0.15, 0.2) is 0 Å². The van der Waals surface area contributed by atoms with Crippen LogP contribution in [-0.2, 0) is 15.0 Å². The SMILES string of the molecule is O=P([O-])([O-])[O-].O=S(=O)([O-])[O-].[Cl-].[Mg+2].[Mg+2].[Mg+2]. The van der Waals surface area contributed by atoms with E-state index in [1.54, 1.807) is 0 Å². The Hall–Kier alpha value is 2.57. The van der Waals surface area contributed by atoms with E-state index in [2.05, 4.69) is 0 Å². The van der Waals surface area contributed by atoms with E-state index in [4.69, 9.17) is 36.8 Å². The van der Waals surface area contributed by atoms with E-state index < -0.39 is 18.2 Å². The van der Waals surface area contributed by atoms with Gasteiger partial charge in [-0.15, -0.1) is 0 Å². The normalized spacial score (nSPS) is 8.36. The zero-order chi connectivity index (χ0) is 9.00. The largest absolute Gasteiger partial charge is 2.00 e. The molecule has 0 aliphatic carbocycles. The second-order valence-corrected chi connectivity index (χ2v) is 2.57. The van der Waals surface area contributed by atoms with Crippen LogP contribution in [0.25, 0.3) is 0 Å². The van der Waals surface area contributed by atoms with Crippen LogP contribution in [0.5, 0.6) is 0 Å². The van der Waals surface area contributed by atoms with Crippen molar-refractivity contribution >= 4 is 87.4 Å². The van der Waals surface area contributed by atoms with Crippen molar-refractivity contribution in [2.24, 2.45) is 0 Å². The molecule has 0 amide bonds. The summed E-state index contributed by atoms with van der Waals surface area (Å²) in [5, 5.41) is 0. The van der Waals surface area contributed by atoms with Crippen molar-refractivity contribution in [1.29, 1.82) is 0 Å². The average molecular weight is 299 g/mol. The van der Waals surface area contributed by atoms with Crippen LogP contribution in [0.3, 0.4) is 0 Å². The second kappa shape index (κ2) is 15.6. The first-order valence-corrected chi connectivity index (χ1v) is 4.19. The van der Waals surface area contributed by atoms with Crippen molar-refractivity contribution in [1.82, 2.24) is 0 Å². The summed E-state index contributed by atoms with van der Waals surface area (Å²) in [6, 6.07) is 0. The van der Waals surface area contributed by atoms with Crippen LogP contribution >= 0.6 is 7.82 Å². The Morgan fingerprint density at radius 1 is 0.857 bits per heavy atom. The first-order valence-electron chi connectivity index (χ1n) is 1.40. The van der Waals surface area contributed by atoms with Crippen LogP contribution in [0.4, 0.5) is 0 Å². The molecule has 0 rings (SSSR count). The Morgan fingerprint density at radius 3 is 0.857 bits per heavy atom. The Balaban J connectivity index is -0.0000000178. The second-order valence-electron chi connectivity index (χ2n) is 0.855. The third kappa shape index (κ3) is 407. The smallest absolute Gasteiger partial charge is 1.00 e. The van der Waals surface area contributed by atoms with Crippen molar-refractivity contribution in [3.05, 3.63) is 0 Å². The number of hydrogen-bond donors (Lipinski definition) is 0. The summed E-state index contributed by atoms with van der Waals surface area (Å²) in [6.45, 7) is 0. The van der Waals surface area contributed by atoms with E-state index in [0.29, 0.717) is 0 Å². The molecule has 0 atom stereocenters. The van der Waals surface area contributed by atoms with Crippen molar-refractivity contribution in [2.45, 2.75) is 0 Å². The molecule has 0 N–H and O–H groups in total. The van der Waals surface area contributed by atoms with Crippen LogP contribution in [0.1, 0.15) is 0 Å². The number of rotatable bonds is 0. The van der Waals surface area contributed by atoms with Crippen molar-refractivity contribution in [3.8, 4) is 0 Å². The minimum Gasteiger partial charge on any atom is -1.00 e. The molecule has 0 bridgehead atoms. The maximum atomic E-state index is 8.55. The minimum absolute atomic E-state index is 0. The molecule has 0 saturated carbocycles. The van der Waals surface area contributed by atoms with Gasteiger partial charge in [0.2, 0.25) is 0 Å². The molecule has 0 aromatic carbocycles. The van der Waals surface area contributed by atoms with Crippen LogP contribution < -0.4 is 27.1 Å². The quantitative estimate of drug-likeness (QED) is 0.184. The van der Waals surface area contributed by atoms with Gasteiger partial charge in [0.25, 0.3) is 0 Å². The first-order chi connectivity index (χ1) is 4.00. The van der Waals surface area contributed by atoms with Crippen molar-refractivity contribution < 1.29 is 49.2 Å². The van der Waals surface area contributed by atoms with Gasteiger partial charge in [-0.25, -0.2) is 0 Å². The fourth-order valence-corrected chi connectivity index (χ4v) is 0.